The van der Waals surface area contributed by atoms with Crippen LogP contribution in [-0.4, -0.2) is 31.1 Å². The Morgan fingerprint density at radius 1 is 1.42 bits per heavy atom. The van der Waals surface area contributed by atoms with E-state index in [-0.39, 0.29) is 18.0 Å². The second kappa shape index (κ2) is 6.42. The van der Waals surface area contributed by atoms with Crippen molar-refractivity contribution in [1.82, 2.24) is 5.32 Å². The molecule has 8 heteroatoms. The highest BCUT2D eigenvalue weighted by atomic mass is 79.9. The van der Waals surface area contributed by atoms with E-state index in [1.807, 2.05) is 0 Å². The lowest BCUT2D eigenvalue weighted by molar-refractivity contribution is -0.125. The highest BCUT2D eigenvalue weighted by Crippen LogP contribution is 2.35. The zero-order chi connectivity index (χ0) is 14.6. The van der Waals surface area contributed by atoms with Crippen molar-refractivity contribution in [3.8, 4) is 11.5 Å². The molecule has 0 saturated heterocycles. The molecule has 0 amide bonds. The van der Waals surface area contributed by atoms with Gasteiger partial charge in [0, 0.05) is 6.54 Å². The largest absolute Gasteiger partial charge is 0.503 e. The van der Waals surface area contributed by atoms with Crippen LogP contribution in [0.15, 0.2) is 16.6 Å². The van der Waals surface area contributed by atoms with Crippen LogP contribution in [-0.2, 0) is 6.54 Å². The van der Waals surface area contributed by atoms with Gasteiger partial charge in [-0.25, -0.2) is 8.78 Å². The van der Waals surface area contributed by atoms with Crippen molar-refractivity contribution in [3.63, 3.8) is 0 Å². The summed E-state index contributed by atoms with van der Waals surface area (Å²) in [5.74, 6) is -4.03. The van der Waals surface area contributed by atoms with Gasteiger partial charge in [-0.3, -0.25) is 0 Å². The average Bonchev–Trinajstić information content (AvgIpc) is 2.33. The number of hydrogen-bond acceptors (Lipinski definition) is 3. The first-order valence-electron chi connectivity index (χ1n) is 5.20. The van der Waals surface area contributed by atoms with Crippen molar-refractivity contribution in [2.45, 2.75) is 18.9 Å². The fourth-order valence-electron chi connectivity index (χ4n) is 1.34. The summed E-state index contributed by atoms with van der Waals surface area (Å²) >= 11 is 3.07. The Labute approximate surface area is 115 Å². The summed E-state index contributed by atoms with van der Waals surface area (Å²) < 4.78 is 54.3. The maximum atomic E-state index is 12.7. The van der Waals surface area contributed by atoms with Crippen molar-refractivity contribution < 1.29 is 27.4 Å². The molecule has 0 saturated carbocycles. The molecule has 0 aromatic heterocycles. The Bertz CT molecular complexity index is 443. The molecule has 0 unspecified atom stereocenters. The molecule has 0 fully saturated rings. The summed E-state index contributed by atoms with van der Waals surface area (Å²) in [6, 6.07) is 2.90. The van der Waals surface area contributed by atoms with Crippen LogP contribution < -0.4 is 10.1 Å². The normalized spacial score (nSPS) is 11.9. The minimum absolute atomic E-state index is 0.0580. The molecule has 1 rings (SSSR count). The van der Waals surface area contributed by atoms with E-state index < -0.39 is 18.9 Å². The molecular formula is C11H12BrF4NO2. The number of aromatic hydroxyl groups is 1. The van der Waals surface area contributed by atoms with Crippen molar-refractivity contribution in [2.75, 3.05) is 13.7 Å². The number of ether oxygens (including phenoxy) is 1. The van der Waals surface area contributed by atoms with Gasteiger partial charge < -0.3 is 15.2 Å². The van der Waals surface area contributed by atoms with Crippen LogP contribution in [0.4, 0.5) is 17.6 Å². The number of rotatable bonds is 6. The van der Waals surface area contributed by atoms with Gasteiger partial charge in [-0.1, -0.05) is 0 Å². The molecule has 0 heterocycles. The van der Waals surface area contributed by atoms with Gasteiger partial charge in [0.2, 0.25) is 0 Å². The number of nitrogens with one attached hydrogen (secondary N) is 1. The van der Waals surface area contributed by atoms with Gasteiger partial charge in [-0.2, -0.15) is 8.78 Å². The third-order valence-electron chi connectivity index (χ3n) is 2.32. The molecule has 1 aromatic carbocycles. The second-order valence-corrected chi connectivity index (χ2v) is 4.65. The van der Waals surface area contributed by atoms with E-state index >= 15 is 0 Å². The highest BCUT2D eigenvalue weighted by Gasteiger charge is 2.39. The van der Waals surface area contributed by atoms with E-state index in [4.69, 9.17) is 4.74 Å². The van der Waals surface area contributed by atoms with Crippen molar-refractivity contribution >= 4 is 15.9 Å². The fourth-order valence-corrected chi connectivity index (χ4v) is 1.82. The molecule has 0 atom stereocenters. The molecule has 1 aromatic rings. The van der Waals surface area contributed by atoms with Crippen LogP contribution in [0.25, 0.3) is 0 Å². The average molecular weight is 346 g/mol. The predicted molar refractivity (Wildman–Crippen MR) is 65.0 cm³/mol. The molecule has 0 aliphatic carbocycles. The molecule has 0 aliphatic heterocycles. The zero-order valence-electron chi connectivity index (χ0n) is 9.89. The number of benzene rings is 1. The van der Waals surface area contributed by atoms with Crippen molar-refractivity contribution in [2.24, 2.45) is 0 Å². The molecule has 19 heavy (non-hydrogen) atoms. The number of phenols is 1. The highest BCUT2D eigenvalue weighted by molar-refractivity contribution is 9.10. The lowest BCUT2D eigenvalue weighted by atomic mass is 10.2. The van der Waals surface area contributed by atoms with Crippen LogP contribution >= 0.6 is 15.9 Å². The number of halogens is 5. The van der Waals surface area contributed by atoms with Gasteiger partial charge >= 0.3 is 12.3 Å². The van der Waals surface area contributed by atoms with Gasteiger partial charge in [0.05, 0.1) is 18.1 Å². The lowest BCUT2D eigenvalue weighted by Gasteiger charge is -2.16. The third kappa shape index (κ3) is 4.24. The van der Waals surface area contributed by atoms with Crippen molar-refractivity contribution in [1.29, 1.82) is 0 Å². The van der Waals surface area contributed by atoms with Gasteiger partial charge in [0.15, 0.2) is 11.5 Å². The molecule has 0 aliphatic rings. The Morgan fingerprint density at radius 2 is 2.05 bits per heavy atom. The van der Waals surface area contributed by atoms with E-state index in [1.165, 1.54) is 19.2 Å². The molecule has 0 radical (unpaired) electrons. The van der Waals surface area contributed by atoms with Gasteiger partial charge in [0.1, 0.15) is 0 Å². The minimum atomic E-state index is -4.07. The Kier molecular flexibility index (Phi) is 5.42. The SMILES string of the molecule is COc1cc(CNCC(F)(F)C(F)F)cc(Br)c1O. The Hall–Kier alpha value is -1.02. The van der Waals surface area contributed by atoms with E-state index in [1.54, 1.807) is 0 Å². The van der Waals surface area contributed by atoms with Gasteiger partial charge in [-0.05, 0) is 33.6 Å². The van der Waals surface area contributed by atoms with E-state index in [9.17, 15) is 22.7 Å². The number of phenolic OH excluding ortho intramolecular Hbond substituents is 1. The summed E-state index contributed by atoms with van der Waals surface area (Å²) in [6.45, 7) is -1.19. The first-order chi connectivity index (χ1) is 8.77. The molecule has 3 nitrogen and oxygen atoms in total. The Balaban J connectivity index is 2.67. The second-order valence-electron chi connectivity index (χ2n) is 3.79. The third-order valence-corrected chi connectivity index (χ3v) is 2.92. The molecule has 108 valence electrons. The topological polar surface area (TPSA) is 41.5 Å². The summed E-state index contributed by atoms with van der Waals surface area (Å²) in [6.07, 6.45) is -3.71. The first kappa shape index (κ1) is 16.0. The van der Waals surface area contributed by atoms with E-state index in [2.05, 4.69) is 21.2 Å². The van der Waals surface area contributed by atoms with Gasteiger partial charge in [-0.15, -0.1) is 0 Å². The van der Waals surface area contributed by atoms with Crippen molar-refractivity contribution in [3.05, 3.63) is 22.2 Å². The smallest absolute Gasteiger partial charge is 0.319 e. The summed E-state index contributed by atoms with van der Waals surface area (Å²) in [5.41, 5.74) is 0.506. The monoisotopic (exact) mass is 345 g/mol. The summed E-state index contributed by atoms with van der Waals surface area (Å²) in [4.78, 5) is 0. The number of methoxy groups -OCH3 is 1. The fraction of sp³-hybridized carbons (Fsp3) is 0.455. The Morgan fingerprint density at radius 3 is 2.58 bits per heavy atom. The minimum Gasteiger partial charge on any atom is -0.503 e. The van der Waals surface area contributed by atoms with Crippen LogP contribution in [0.2, 0.25) is 0 Å². The number of alkyl halides is 4. The predicted octanol–water partition coefficient (Wildman–Crippen LogP) is 3.15. The molecule has 0 bridgehead atoms. The van der Waals surface area contributed by atoms with E-state index in [0.29, 0.717) is 10.0 Å². The summed E-state index contributed by atoms with van der Waals surface area (Å²) in [7, 11) is 1.34. The maximum Gasteiger partial charge on any atom is 0.319 e. The van der Waals surface area contributed by atoms with Crippen LogP contribution in [0, 0.1) is 0 Å². The van der Waals surface area contributed by atoms with E-state index in [0.717, 1.165) is 0 Å². The van der Waals surface area contributed by atoms with Crippen LogP contribution in [0.1, 0.15) is 5.56 Å². The maximum absolute atomic E-state index is 12.7. The van der Waals surface area contributed by atoms with Crippen LogP contribution in [0.3, 0.4) is 0 Å². The van der Waals surface area contributed by atoms with Gasteiger partial charge in [0.25, 0.3) is 0 Å². The molecule has 0 spiro atoms. The molecule has 2 N–H and O–H groups in total. The zero-order valence-corrected chi connectivity index (χ0v) is 11.5. The standard InChI is InChI=1S/C11H12BrF4NO2/c1-19-8-3-6(2-7(12)9(8)18)4-17-5-11(15,16)10(13)14/h2-3,10,17-18H,4-5H2,1H3. The lowest BCUT2D eigenvalue weighted by Crippen LogP contribution is -2.38. The number of hydrogen-bond donors (Lipinski definition) is 2. The first-order valence-corrected chi connectivity index (χ1v) is 5.99. The van der Waals surface area contributed by atoms with Crippen LogP contribution in [0.5, 0.6) is 11.5 Å². The molecular weight excluding hydrogens is 334 g/mol. The quantitative estimate of drug-likeness (QED) is 0.778. The summed E-state index contributed by atoms with van der Waals surface area (Å²) in [5, 5.41) is 11.8.